The number of rotatable bonds is 6. The first-order valence-electron chi connectivity index (χ1n) is 8.62. The zero-order valence-electron chi connectivity index (χ0n) is 14.4. The molecule has 1 aliphatic rings. The largest absolute Gasteiger partial charge is 0.368 e. The number of hydrogen-bond acceptors (Lipinski definition) is 4. The van der Waals surface area contributed by atoms with Gasteiger partial charge in [0.1, 0.15) is 5.78 Å². The molecule has 0 aliphatic carbocycles. The number of ketones is 1. The van der Waals surface area contributed by atoms with Crippen LogP contribution < -0.4 is 4.90 Å². The Labute approximate surface area is 147 Å². The highest BCUT2D eigenvalue weighted by Crippen LogP contribution is 2.34. The van der Waals surface area contributed by atoms with Gasteiger partial charge in [0, 0.05) is 36.8 Å². The summed E-state index contributed by atoms with van der Waals surface area (Å²) < 4.78 is 0. The molecule has 2 aromatic carbocycles. The summed E-state index contributed by atoms with van der Waals surface area (Å²) in [5, 5.41) is 11.0. The highest BCUT2D eigenvalue weighted by Gasteiger charge is 2.28. The number of anilines is 1. The van der Waals surface area contributed by atoms with Crippen molar-refractivity contribution in [3.63, 3.8) is 0 Å². The Morgan fingerprint density at radius 1 is 1.24 bits per heavy atom. The van der Waals surface area contributed by atoms with E-state index in [0.717, 1.165) is 37.1 Å². The van der Waals surface area contributed by atoms with Gasteiger partial charge in [-0.15, -0.1) is 0 Å². The summed E-state index contributed by atoms with van der Waals surface area (Å²) in [5.74, 6) is 0.181. The molecule has 0 amide bonds. The van der Waals surface area contributed by atoms with Crippen LogP contribution in [0.1, 0.15) is 30.9 Å². The van der Waals surface area contributed by atoms with Gasteiger partial charge in [0.2, 0.25) is 0 Å². The number of carbonyl (C=O) groups excluding carboxylic acids is 1. The Bertz CT molecular complexity index is 774. The molecule has 5 heteroatoms. The lowest BCUT2D eigenvalue weighted by Crippen LogP contribution is -2.41. The van der Waals surface area contributed by atoms with Crippen LogP contribution in [0.5, 0.6) is 0 Å². The molecule has 25 heavy (non-hydrogen) atoms. The van der Waals surface area contributed by atoms with Crippen LogP contribution in [0.4, 0.5) is 11.4 Å². The molecular weight excluding hydrogens is 316 g/mol. The molecule has 1 heterocycles. The number of carbonyl (C=O) groups is 1. The average Bonchev–Trinajstić information content (AvgIpc) is 2.60. The number of nitro benzene ring substituents is 1. The third kappa shape index (κ3) is 4.05. The van der Waals surface area contributed by atoms with E-state index in [9.17, 15) is 14.9 Å². The Balaban J connectivity index is 1.86. The molecule has 1 aliphatic heterocycles. The smallest absolute Gasteiger partial charge is 0.269 e. The van der Waals surface area contributed by atoms with Gasteiger partial charge in [-0.1, -0.05) is 30.3 Å². The Morgan fingerprint density at radius 3 is 2.68 bits per heavy atom. The molecule has 0 saturated carbocycles. The lowest BCUT2D eigenvalue weighted by Gasteiger charge is -2.38. The van der Waals surface area contributed by atoms with Crippen LogP contribution in [0.15, 0.2) is 48.5 Å². The van der Waals surface area contributed by atoms with Gasteiger partial charge in [0.05, 0.1) is 4.92 Å². The summed E-state index contributed by atoms with van der Waals surface area (Å²) in [5.41, 5.74) is 3.41. The van der Waals surface area contributed by atoms with Gasteiger partial charge in [0.15, 0.2) is 0 Å². The molecule has 3 rings (SSSR count). The van der Waals surface area contributed by atoms with Gasteiger partial charge in [0.25, 0.3) is 5.69 Å². The van der Waals surface area contributed by atoms with E-state index in [2.05, 4.69) is 17.0 Å². The van der Waals surface area contributed by atoms with E-state index in [1.807, 2.05) is 24.3 Å². The van der Waals surface area contributed by atoms with E-state index >= 15 is 0 Å². The summed E-state index contributed by atoms with van der Waals surface area (Å²) >= 11 is 0. The van der Waals surface area contributed by atoms with Gasteiger partial charge >= 0.3 is 0 Å². The maximum absolute atomic E-state index is 11.7. The standard InChI is InChI=1S/C20H22N2O3/c1-15(23)13-18-8-7-17-14-19(22(24)25)9-10-20(17)21(18)12-11-16-5-3-2-4-6-16/h2-6,9-10,14,18H,7-8,11-13H2,1H3. The number of Topliss-reactive ketones (excluding diaryl/α,β-unsaturated/α-hetero) is 1. The predicted octanol–water partition coefficient (Wildman–Crippen LogP) is 3.94. The molecule has 0 aromatic heterocycles. The van der Waals surface area contributed by atoms with Gasteiger partial charge in [-0.05, 0) is 43.4 Å². The number of hydrogen-bond donors (Lipinski definition) is 0. The minimum absolute atomic E-state index is 0.131. The van der Waals surface area contributed by atoms with E-state index in [0.29, 0.717) is 6.42 Å². The number of aryl methyl sites for hydroxylation is 1. The van der Waals surface area contributed by atoms with Gasteiger partial charge in [-0.3, -0.25) is 14.9 Å². The molecule has 0 bridgehead atoms. The van der Waals surface area contributed by atoms with E-state index in [-0.39, 0.29) is 22.4 Å². The van der Waals surface area contributed by atoms with Crippen LogP contribution in [0.25, 0.3) is 0 Å². The molecule has 0 fully saturated rings. The van der Waals surface area contributed by atoms with Crippen LogP contribution in [-0.2, 0) is 17.6 Å². The molecule has 130 valence electrons. The fourth-order valence-corrected chi connectivity index (χ4v) is 3.58. The Hall–Kier alpha value is -2.69. The fourth-order valence-electron chi connectivity index (χ4n) is 3.58. The summed E-state index contributed by atoms with van der Waals surface area (Å²) in [4.78, 5) is 24.6. The van der Waals surface area contributed by atoms with Crippen molar-refractivity contribution in [1.82, 2.24) is 0 Å². The van der Waals surface area contributed by atoms with Gasteiger partial charge < -0.3 is 4.90 Å². The molecule has 2 aromatic rings. The Morgan fingerprint density at radius 2 is 2.00 bits per heavy atom. The van der Waals surface area contributed by atoms with Gasteiger partial charge in [-0.2, -0.15) is 0 Å². The van der Waals surface area contributed by atoms with Crippen molar-refractivity contribution in [2.75, 3.05) is 11.4 Å². The van der Waals surface area contributed by atoms with Crippen molar-refractivity contribution in [3.05, 3.63) is 69.8 Å². The van der Waals surface area contributed by atoms with Crippen LogP contribution in [-0.4, -0.2) is 23.3 Å². The van der Waals surface area contributed by atoms with Crippen LogP contribution in [0.2, 0.25) is 0 Å². The molecular formula is C20H22N2O3. The molecule has 0 spiro atoms. The maximum atomic E-state index is 11.7. The van der Waals surface area contributed by atoms with E-state index in [1.54, 1.807) is 19.1 Å². The van der Waals surface area contributed by atoms with Crippen LogP contribution in [0.3, 0.4) is 0 Å². The SMILES string of the molecule is CC(=O)CC1CCc2cc([N+](=O)[O-])ccc2N1CCc1ccccc1. The first-order chi connectivity index (χ1) is 12.0. The monoisotopic (exact) mass is 338 g/mol. The summed E-state index contributed by atoms with van der Waals surface area (Å²) in [6.45, 7) is 2.42. The van der Waals surface area contributed by atoms with E-state index in [4.69, 9.17) is 0 Å². The zero-order valence-corrected chi connectivity index (χ0v) is 14.4. The number of nitrogens with zero attached hydrogens (tertiary/aromatic N) is 2. The first kappa shape index (κ1) is 17.1. The highest BCUT2D eigenvalue weighted by atomic mass is 16.6. The molecule has 0 saturated heterocycles. The second-order valence-corrected chi connectivity index (χ2v) is 6.60. The topological polar surface area (TPSA) is 63.4 Å². The number of fused-ring (bicyclic) bond motifs is 1. The number of nitro groups is 1. The zero-order chi connectivity index (χ0) is 17.8. The first-order valence-corrected chi connectivity index (χ1v) is 8.62. The minimum Gasteiger partial charge on any atom is -0.368 e. The Kier molecular flexibility index (Phi) is 5.12. The highest BCUT2D eigenvalue weighted by molar-refractivity contribution is 5.77. The summed E-state index contributed by atoms with van der Waals surface area (Å²) in [6, 6.07) is 15.5. The van der Waals surface area contributed by atoms with Crippen molar-refractivity contribution in [2.24, 2.45) is 0 Å². The molecule has 5 nitrogen and oxygen atoms in total. The van der Waals surface area contributed by atoms with Gasteiger partial charge in [-0.25, -0.2) is 0 Å². The molecule has 1 unspecified atom stereocenters. The van der Waals surface area contributed by atoms with Crippen molar-refractivity contribution < 1.29 is 9.72 Å². The second-order valence-electron chi connectivity index (χ2n) is 6.60. The third-order valence-electron chi connectivity index (χ3n) is 4.78. The van der Waals surface area contributed by atoms with Crippen molar-refractivity contribution in [2.45, 2.75) is 38.6 Å². The number of benzene rings is 2. The summed E-state index contributed by atoms with van der Waals surface area (Å²) in [7, 11) is 0. The van der Waals surface area contributed by atoms with E-state index < -0.39 is 0 Å². The fraction of sp³-hybridized carbons (Fsp3) is 0.350. The van der Waals surface area contributed by atoms with Crippen molar-refractivity contribution in [1.29, 1.82) is 0 Å². The quantitative estimate of drug-likeness (QED) is 0.591. The second kappa shape index (κ2) is 7.47. The van der Waals surface area contributed by atoms with Crippen molar-refractivity contribution >= 4 is 17.2 Å². The lowest BCUT2D eigenvalue weighted by molar-refractivity contribution is -0.384. The van der Waals surface area contributed by atoms with Crippen LogP contribution >= 0.6 is 0 Å². The number of non-ortho nitro benzene ring substituents is 1. The normalized spacial score (nSPS) is 16.4. The van der Waals surface area contributed by atoms with Crippen LogP contribution in [0, 0.1) is 10.1 Å². The summed E-state index contributed by atoms with van der Waals surface area (Å²) in [6.07, 6.45) is 3.02. The molecule has 1 atom stereocenters. The average molecular weight is 338 g/mol. The lowest BCUT2D eigenvalue weighted by atomic mass is 9.92. The molecule has 0 N–H and O–H groups in total. The van der Waals surface area contributed by atoms with Crippen molar-refractivity contribution in [3.8, 4) is 0 Å². The molecule has 0 radical (unpaired) electrons. The third-order valence-corrected chi connectivity index (χ3v) is 4.78. The predicted molar refractivity (Wildman–Crippen MR) is 98.0 cm³/mol. The maximum Gasteiger partial charge on any atom is 0.269 e. The minimum atomic E-state index is -0.351. The van der Waals surface area contributed by atoms with E-state index in [1.165, 1.54) is 5.56 Å².